The number of β-amino-alcohol motifs (C(OH)–C–C–N with tert-alkyl or cyclic N) is 1. The minimum absolute atomic E-state index is 0.195. The van der Waals surface area contributed by atoms with Gasteiger partial charge in [0.25, 0.3) is 0 Å². The fraction of sp³-hybridized carbons (Fsp3) is 0.500. The zero-order chi connectivity index (χ0) is 16.2. The Bertz CT molecular complexity index is 653. The lowest BCUT2D eigenvalue weighted by molar-refractivity contribution is 0.101. The molecule has 0 unspecified atom stereocenters. The SMILES string of the molecule is Cc1ccc(-c2noc(CN3CCN(CCO)CC3)n2)cc1F. The highest BCUT2D eigenvalue weighted by molar-refractivity contribution is 5.54. The molecule has 2 aromatic rings. The summed E-state index contributed by atoms with van der Waals surface area (Å²) in [5.41, 5.74) is 1.22. The molecule has 124 valence electrons. The monoisotopic (exact) mass is 320 g/mol. The van der Waals surface area contributed by atoms with Gasteiger partial charge in [-0.05, 0) is 18.6 Å². The summed E-state index contributed by atoms with van der Waals surface area (Å²) in [5.74, 6) is 0.684. The summed E-state index contributed by atoms with van der Waals surface area (Å²) in [4.78, 5) is 8.83. The van der Waals surface area contributed by atoms with Crippen LogP contribution in [0, 0.1) is 12.7 Å². The van der Waals surface area contributed by atoms with Crippen LogP contribution in [0.5, 0.6) is 0 Å². The number of halogens is 1. The molecule has 1 fully saturated rings. The summed E-state index contributed by atoms with van der Waals surface area (Å²) in [6.07, 6.45) is 0. The van der Waals surface area contributed by atoms with Crippen LogP contribution >= 0.6 is 0 Å². The second-order valence-corrected chi connectivity index (χ2v) is 5.82. The maximum atomic E-state index is 13.6. The van der Waals surface area contributed by atoms with Gasteiger partial charge in [0.2, 0.25) is 11.7 Å². The normalized spacial score (nSPS) is 16.8. The Balaban J connectivity index is 1.60. The highest BCUT2D eigenvalue weighted by atomic mass is 19.1. The molecular weight excluding hydrogens is 299 g/mol. The summed E-state index contributed by atoms with van der Waals surface area (Å²) >= 11 is 0. The third-order valence-corrected chi connectivity index (χ3v) is 4.14. The Morgan fingerprint density at radius 3 is 2.65 bits per heavy atom. The van der Waals surface area contributed by atoms with Crippen LogP contribution in [-0.4, -0.2) is 64.4 Å². The first-order valence-electron chi connectivity index (χ1n) is 7.80. The summed E-state index contributed by atoms with van der Waals surface area (Å²) in [7, 11) is 0. The van der Waals surface area contributed by atoms with Crippen molar-refractivity contribution in [2.24, 2.45) is 0 Å². The maximum absolute atomic E-state index is 13.6. The average Bonchev–Trinajstić information content (AvgIpc) is 3.01. The number of benzene rings is 1. The molecule has 1 aliphatic rings. The molecule has 0 amide bonds. The third kappa shape index (κ3) is 3.93. The van der Waals surface area contributed by atoms with Crippen LogP contribution in [0.4, 0.5) is 4.39 Å². The number of aryl methyl sites for hydroxylation is 1. The van der Waals surface area contributed by atoms with Gasteiger partial charge < -0.3 is 9.63 Å². The van der Waals surface area contributed by atoms with Crippen LogP contribution in [0.25, 0.3) is 11.4 Å². The number of aliphatic hydroxyl groups is 1. The molecule has 0 radical (unpaired) electrons. The Morgan fingerprint density at radius 2 is 1.96 bits per heavy atom. The number of nitrogens with zero attached hydrogens (tertiary/aromatic N) is 4. The second-order valence-electron chi connectivity index (χ2n) is 5.82. The topological polar surface area (TPSA) is 65.6 Å². The van der Waals surface area contributed by atoms with Crippen molar-refractivity contribution in [2.45, 2.75) is 13.5 Å². The van der Waals surface area contributed by atoms with Gasteiger partial charge >= 0.3 is 0 Å². The van der Waals surface area contributed by atoms with E-state index < -0.39 is 0 Å². The highest BCUT2D eigenvalue weighted by Crippen LogP contribution is 2.19. The molecule has 1 aliphatic heterocycles. The number of piperazine rings is 1. The van der Waals surface area contributed by atoms with Crippen molar-refractivity contribution in [1.82, 2.24) is 19.9 Å². The van der Waals surface area contributed by atoms with E-state index in [2.05, 4.69) is 19.9 Å². The maximum Gasteiger partial charge on any atom is 0.241 e. The van der Waals surface area contributed by atoms with Crippen LogP contribution in [-0.2, 0) is 6.54 Å². The van der Waals surface area contributed by atoms with Crippen molar-refractivity contribution < 1.29 is 14.0 Å². The van der Waals surface area contributed by atoms with E-state index in [0.717, 1.165) is 32.7 Å². The van der Waals surface area contributed by atoms with Crippen molar-refractivity contribution in [3.05, 3.63) is 35.5 Å². The van der Waals surface area contributed by atoms with Crippen LogP contribution < -0.4 is 0 Å². The van der Waals surface area contributed by atoms with Gasteiger partial charge in [-0.3, -0.25) is 9.80 Å². The molecule has 0 aliphatic carbocycles. The fourth-order valence-corrected chi connectivity index (χ4v) is 2.67. The Hall–Kier alpha value is -1.83. The van der Waals surface area contributed by atoms with Gasteiger partial charge in [-0.15, -0.1) is 0 Å². The van der Waals surface area contributed by atoms with Crippen molar-refractivity contribution in [2.75, 3.05) is 39.3 Å². The molecule has 0 atom stereocenters. The summed E-state index contributed by atoms with van der Waals surface area (Å²) in [6, 6.07) is 4.93. The van der Waals surface area contributed by atoms with Crippen LogP contribution in [0.1, 0.15) is 11.5 Å². The molecular formula is C16H21FN4O2. The van der Waals surface area contributed by atoms with Crippen LogP contribution in [0.15, 0.2) is 22.7 Å². The van der Waals surface area contributed by atoms with E-state index in [1.807, 2.05) is 0 Å². The molecule has 1 saturated heterocycles. The highest BCUT2D eigenvalue weighted by Gasteiger charge is 2.19. The van der Waals surface area contributed by atoms with Crippen LogP contribution in [0.3, 0.4) is 0 Å². The zero-order valence-corrected chi connectivity index (χ0v) is 13.2. The lowest BCUT2D eigenvalue weighted by atomic mass is 10.1. The van der Waals surface area contributed by atoms with Crippen LogP contribution in [0.2, 0.25) is 0 Å². The largest absolute Gasteiger partial charge is 0.395 e. The number of hydrogen-bond acceptors (Lipinski definition) is 6. The van der Waals surface area contributed by atoms with Gasteiger partial charge in [0.15, 0.2) is 0 Å². The van der Waals surface area contributed by atoms with Gasteiger partial charge in [-0.1, -0.05) is 17.3 Å². The molecule has 0 spiro atoms. The van der Waals surface area contributed by atoms with Crippen molar-refractivity contribution in [1.29, 1.82) is 0 Å². The van der Waals surface area contributed by atoms with Gasteiger partial charge in [0.1, 0.15) is 5.82 Å². The van der Waals surface area contributed by atoms with E-state index in [-0.39, 0.29) is 12.4 Å². The standard InChI is InChI=1S/C16H21FN4O2/c1-12-2-3-13(10-14(12)17)16-18-15(23-19-16)11-21-6-4-20(5-7-21)8-9-22/h2-3,10,22H,4-9,11H2,1H3. The number of rotatable bonds is 5. The average molecular weight is 320 g/mol. The van der Waals surface area contributed by atoms with Gasteiger partial charge in [-0.25, -0.2) is 4.39 Å². The van der Waals surface area contributed by atoms with E-state index in [4.69, 9.17) is 9.63 Å². The quantitative estimate of drug-likeness (QED) is 0.896. The molecule has 0 saturated carbocycles. The van der Waals surface area contributed by atoms with Crippen molar-refractivity contribution >= 4 is 0 Å². The lowest BCUT2D eigenvalue weighted by Crippen LogP contribution is -2.46. The van der Waals surface area contributed by atoms with Gasteiger partial charge in [0, 0.05) is 38.3 Å². The third-order valence-electron chi connectivity index (χ3n) is 4.14. The molecule has 2 heterocycles. The van der Waals surface area contributed by atoms with E-state index >= 15 is 0 Å². The van der Waals surface area contributed by atoms with E-state index in [1.165, 1.54) is 6.07 Å². The van der Waals surface area contributed by atoms with E-state index in [0.29, 0.717) is 29.4 Å². The first kappa shape index (κ1) is 16.0. The smallest absolute Gasteiger partial charge is 0.241 e. The van der Waals surface area contributed by atoms with Crippen molar-refractivity contribution in [3.63, 3.8) is 0 Å². The number of aromatic nitrogens is 2. The molecule has 6 nitrogen and oxygen atoms in total. The molecule has 1 N–H and O–H groups in total. The Labute approximate surface area is 134 Å². The summed E-state index contributed by atoms with van der Waals surface area (Å²) in [6.45, 7) is 6.87. The molecule has 1 aromatic heterocycles. The molecule has 3 rings (SSSR count). The van der Waals surface area contributed by atoms with E-state index in [1.54, 1.807) is 19.1 Å². The summed E-state index contributed by atoms with van der Waals surface area (Å²) in [5, 5.41) is 12.9. The first-order chi connectivity index (χ1) is 11.2. The number of hydrogen-bond donors (Lipinski definition) is 1. The Kier molecular flexibility index (Phi) is 5.00. The first-order valence-corrected chi connectivity index (χ1v) is 7.80. The minimum atomic E-state index is -0.270. The second kappa shape index (κ2) is 7.16. The molecule has 7 heteroatoms. The zero-order valence-electron chi connectivity index (χ0n) is 13.2. The number of aliphatic hydroxyl groups excluding tert-OH is 1. The lowest BCUT2D eigenvalue weighted by Gasteiger charge is -2.33. The predicted octanol–water partition coefficient (Wildman–Crippen LogP) is 1.29. The van der Waals surface area contributed by atoms with Gasteiger partial charge in [0.05, 0.1) is 13.2 Å². The van der Waals surface area contributed by atoms with E-state index in [9.17, 15) is 4.39 Å². The van der Waals surface area contributed by atoms with Crippen molar-refractivity contribution in [3.8, 4) is 11.4 Å². The van der Waals surface area contributed by atoms with Gasteiger partial charge in [-0.2, -0.15) is 4.98 Å². The molecule has 0 bridgehead atoms. The summed E-state index contributed by atoms with van der Waals surface area (Å²) < 4.78 is 18.9. The Morgan fingerprint density at radius 1 is 1.22 bits per heavy atom. The molecule has 23 heavy (non-hydrogen) atoms. The predicted molar refractivity (Wildman–Crippen MR) is 83.2 cm³/mol. The fourth-order valence-electron chi connectivity index (χ4n) is 2.67. The molecule has 1 aromatic carbocycles. The minimum Gasteiger partial charge on any atom is -0.395 e.